The first-order valence-electron chi connectivity index (χ1n) is 9.04. The molecule has 0 spiro atoms. The molecule has 2 atom stereocenters. The summed E-state index contributed by atoms with van der Waals surface area (Å²) in [6, 6.07) is 11.7. The van der Waals surface area contributed by atoms with E-state index < -0.39 is 0 Å². The maximum atomic E-state index is 12.8. The molecule has 1 saturated heterocycles. The highest BCUT2D eigenvalue weighted by molar-refractivity contribution is 9.10. The van der Waals surface area contributed by atoms with Crippen LogP contribution in [-0.4, -0.2) is 36.5 Å². The molecule has 0 aliphatic carbocycles. The monoisotopic (exact) mass is 450 g/mol. The third-order valence-electron chi connectivity index (χ3n) is 4.95. The number of morpholine rings is 1. The standard InChI is InChI=1S/C21H24BrClN2O2/c1-13-10-14(2)20(18(23)11-13)24-21(26)15(3)25-8-9-27-19(12-25)16-4-6-17(22)7-5-16/h4-7,10-11,15,19H,8-9,12H2,1-3H3,(H,24,26). The second-order valence-electron chi connectivity index (χ2n) is 7.01. The number of nitrogens with one attached hydrogen (secondary N) is 1. The Labute approximate surface area is 174 Å². The summed E-state index contributed by atoms with van der Waals surface area (Å²) in [6.07, 6.45) is -0.0354. The lowest BCUT2D eigenvalue weighted by Crippen LogP contribution is -2.48. The zero-order valence-corrected chi connectivity index (χ0v) is 18.1. The highest BCUT2D eigenvalue weighted by Crippen LogP contribution is 2.29. The predicted octanol–water partition coefficient (Wildman–Crippen LogP) is 5.12. The lowest BCUT2D eigenvalue weighted by atomic mass is 10.1. The first-order valence-corrected chi connectivity index (χ1v) is 10.2. The van der Waals surface area contributed by atoms with Crippen molar-refractivity contribution in [3.8, 4) is 0 Å². The number of hydrogen-bond acceptors (Lipinski definition) is 3. The third-order valence-corrected chi connectivity index (χ3v) is 5.77. The number of benzene rings is 2. The van der Waals surface area contributed by atoms with Crippen LogP contribution in [0.2, 0.25) is 5.02 Å². The minimum atomic E-state index is -0.274. The first kappa shape index (κ1) is 20.3. The SMILES string of the molecule is Cc1cc(C)c(NC(=O)C(C)N2CCOC(c3ccc(Br)cc3)C2)c(Cl)c1. The van der Waals surface area contributed by atoms with Crippen molar-refractivity contribution in [1.82, 2.24) is 4.90 Å². The lowest BCUT2D eigenvalue weighted by Gasteiger charge is -2.36. The molecular formula is C21H24BrClN2O2. The van der Waals surface area contributed by atoms with Crippen LogP contribution in [0.25, 0.3) is 0 Å². The summed E-state index contributed by atoms with van der Waals surface area (Å²) in [4.78, 5) is 15.0. The molecule has 0 bridgehead atoms. The Hall–Kier alpha value is -1.40. The van der Waals surface area contributed by atoms with Crippen molar-refractivity contribution >= 4 is 39.1 Å². The number of hydrogen-bond donors (Lipinski definition) is 1. The van der Waals surface area contributed by atoms with Crippen LogP contribution >= 0.6 is 27.5 Å². The quantitative estimate of drug-likeness (QED) is 0.701. The Bertz CT molecular complexity index is 802. The summed E-state index contributed by atoms with van der Waals surface area (Å²) < 4.78 is 6.96. The zero-order valence-electron chi connectivity index (χ0n) is 15.8. The van der Waals surface area contributed by atoms with Crippen molar-refractivity contribution < 1.29 is 9.53 Å². The molecule has 1 heterocycles. The number of aryl methyl sites for hydroxylation is 2. The number of anilines is 1. The van der Waals surface area contributed by atoms with Gasteiger partial charge in [0, 0.05) is 17.6 Å². The molecule has 27 heavy (non-hydrogen) atoms. The Morgan fingerprint density at radius 3 is 2.67 bits per heavy atom. The molecule has 2 aromatic rings. The van der Waals surface area contributed by atoms with Gasteiger partial charge in [0.25, 0.3) is 0 Å². The van der Waals surface area contributed by atoms with Crippen LogP contribution in [0.5, 0.6) is 0 Å². The summed E-state index contributed by atoms with van der Waals surface area (Å²) in [5.41, 5.74) is 3.86. The molecule has 1 aliphatic rings. The van der Waals surface area contributed by atoms with Gasteiger partial charge in [-0.2, -0.15) is 0 Å². The molecule has 2 aromatic carbocycles. The van der Waals surface area contributed by atoms with Crippen molar-refractivity contribution in [2.45, 2.75) is 32.9 Å². The summed E-state index contributed by atoms with van der Waals surface area (Å²) >= 11 is 9.79. The predicted molar refractivity (Wildman–Crippen MR) is 113 cm³/mol. The molecule has 3 rings (SSSR count). The maximum absolute atomic E-state index is 12.8. The van der Waals surface area contributed by atoms with Gasteiger partial charge in [-0.3, -0.25) is 9.69 Å². The fraction of sp³-hybridized carbons (Fsp3) is 0.381. The van der Waals surface area contributed by atoms with Crippen molar-refractivity contribution in [3.05, 3.63) is 62.6 Å². The average molecular weight is 452 g/mol. The number of rotatable bonds is 4. The molecule has 1 amide bonds. The van der Waals surface area contributed by atoms with E-state index in [0.29, 0.717) is 23.9 Å². The molecule has 6 heteroatoms. The number of amides is 1. The van der Waals surface area contributed by atoms with Crippen LogP contribution in [0.4, 0.5) is 5.69 Å². The first-order chi connectivity index (χ1) is 12.8. The van der Waals surface area contributed by atoms with Crippen LogP contribution in [0, 0.1) is 13.8 Å². The highest BCUT2D eigenvalue weighted by Gasteiger charge is 2.29. The molecule has 0 saturated carbocycles. The van der Waals surface area contributed by atoms with E-state index in [2.05, 4.69) is 38.3 Å². The van der Waals surface area contributed by atoms with Gasteiger partial charge in [-0.1, -0.05) is 45.7 Å². The van der Waals surface area contributed by atoms with Gasteiger partial charge in [-0.25, -0.2) is 0 Å². The normalized spacial score (nSPS) is 18.9. The summed E-state index contributed by atoms with van der Waals surface area (Å²) in [5.74, 6) is -0.0553. The smallest absolute Gasteiger partial charge is 0.241 e. The number of carbonyl (C=O) groups excluding carboxylic acids is 1. The zero-order chi connectivity index (χ0) is 19.6. The molecule has 0 aromatic heterocycles. The van der Waals surface area contributed by atoms with Crippen molar-refractivity contribution in [2.75, 3.05) is 25.0 Å². The van der Waals surface area contributed by atoms with Gasteiger partial charge in [-0.05, 0) is 55.7 Å². The van der Waals surface area contributed by atoms with E-state index in [9.17, 15) is 4.79 Å². The van der Waals surface area contributed by atoms with Gasteiger partial charge in [0.1, 0.15) is 0 Å². The molecule has 1 N–H and O–H groups in total. The van der Waals surface area contributed by atoms with Gasteiger partial charge in [0.05, 0.1) is 29.5 Å². The average Bonchev–Trinajstić information content (AvgIpc) is 2.64. The van der Waals surface area contributed by atoms with E-state index in [1.54, 1.807) is 0 Å². The fourth-order valence-corrected chi connectivity index (χ4v) is 4.00. The molecular weight excluding hydrogens is 428 g/mol. The van der Waals surface area contributed by atoms with Gasteiger partial charge in [0.2, 0.25) is 5.91 Å². The van der Waals surface area contributed by atoms with E-state index in [4.69, 9.17) is 16.3 Å². The molecule has 144 valence electrons. The minimum absolute atomic E-state index is 0.0354. The van der Waals surface area contributed by atoms with E-state index in [1.807, 2.05) is 45.0 Å². The second-order valence-corrected chi connectivity index (χ2v) is 8.33. The van der Waals surface area contributed by atoms with E-state index >= 15 is 0 Å². The van der Waals surface area contributed by atoms with Crippen LogP contribution < -0.4 is 5.32 Å². The third kappa shape index (κ3) is 4.91. The number of ether oxygens (including phenoxy) is 1. The van der Waals surface area contributed by atoms with Crippen LogP contribution in [0.3, 0.4) is 0 Å². The summed E-state index contributed by atoms with van der Waals surface area (Å²) in [7, 11) is 0. The summed E-state index contributed by atoms with van der Waals surface area (Å²) in [5, 5.41) is 3.58. The summed E-state index contributed by atoms with van der Waals surface area (Å²) in [6.45, 7) is 7.87. The second kappa shape index (κ2) is 8.74. The molecule has 1 aliphatic heterocycles. The Balaban J connectivity index is 1.68. The molecule has 1 fully saturated rings. The van der Waals surface area contributed by atoms with E-state index in [0.717, 1.165) is 27.7 Å². The number of carbonyl (C=O) groups is 1. The van der Waals surface area contributed by atoms with Gasteiger partial charge in [0.15, 0.2) is 0 Å². The Morgan fingerprint density at radius 1 is 1.30 bits per heavy atom. The van der Waals surface area contributed by atoms with Crippen LogP contribution in [-0.2, 0) is 9.53 Å². The largest absolute Gasteiger partial charge is 0.371 e. The fourth-order valence-electron chi connectivity index (χ4n) is 3.37. The minimum Gasteiger partial charge on any atom is -0.371 e. The van der Waals surface area contributed by atoms with Crippen molar-refractivity contribution in [1.29, 1.82) is 0 Å². The van der Waals surface area contributed by atoms with E-state index in [1.165, 1.54) is 0 Å². The number of nitrogens with zero attached hydrogens (tertiary/aromatic N) is 1. The van der Waals surface area contributed by atoms with Crippen molar-refractivity contribution in [3.63, 3.8) is 0 Å². The highest BCUT2D eigenvalue weighted by atomic mass is 79.9. The van der Waals surface area contributed by atoms with Gasteiger partial charge < -0.3 is 10.1 Å². The van der Waals surface area contributed by atoms with E-state index in [-0.39, 0.29) is 18.1 Å². The van der Waals surface area contributed by atoms with Crippen LogP contribution in [0.1, 0.15) is 29.7 Å². The van der Waals surface area contributed by atoms with Crippen LogP contribution in [0.15, 0.2) is 40.9 Å². The Morgan fingerprint density at radius 2 is 2.00 bits per heavy atom. The van der Waals surface area contributed by atoms with Crippen molar-refractivity contribution in [2.24, 2.45) is 0 Å². The lowest BCUT2D eigenvalue weighted by molar-refractivity contribution is -0.124. The maximum Gasteiger partial charge on any atom is 0.241 e. The Kier molecular flexibility index (Phi) is 6.58. The molecule has 2 unspecified atom stereocenters. The topological polar surface area (TPSA) is 41.6 Å². The van der Waals surface area contributed by atoms with Gasteiger partial charge >= 0.3 is 0 Å². The number of halogens is 2. The molecule has 0 radical (unpaired) electrons. The van der Waals surface area contributed by atoms with Gasteiger partial charge in [-0.15, -0.1) is 0 Å². The molecule has 4 nitrogen and oxygen atoms in total.